The van der Waals surface area contributed by atoms with Gasteiger partial charge in [0.25, 0.3) is 0 Å². The molecule has 0 spiro atoms. The lowest BCUT2D eigenvalue weighted by Crippen LogP contribution is -2.33. The number of aromatic nitrogens is 4. The second-order valence-corrected chi connectivity index (χ2v) is 8.13. The number of hydrogen-bond donors (Lipinski definition) is 6. The van der Waals surface area contributed by atoms with E-state index in [1.165, 1.54) is 31.4 Å². The number of fused-ring (bicyclic) bond motifs is 1. The summed E-state index contributed by atoms with van der Waals surface area (Å²) in [5.41, 5.74) is 11.2. The molecule has 1 unspecified atom stereocenters. The number of imidazole rings is 1. The van der Waals surface area contributed by atoms with Gasteiger partial charge in [-0.3, -0.25) is 24.0 Å². The molecule has 3 heterocycles. The van der Waals surface area contributed by atoms with Crippen LogP contribution in [0.15, 0.2) is 12.7 Å². The monoisotopic (exact) mass is 507 g/mol. The number of carbonyl (C=O) groups is 2. The van der Waals surface area contributed by atoms with E-state index in [0.29, 0.717) is 11.2 Å². The fourth-order valence-electron chi connectivity index (χ4n) is 2.74. The van der Waals surface area contributed by atoms with Crippen LogP contribution in [0, 0.1) is 0 Å². The molecule has 0 amide bonds. The summed E-state index contributed by atoms with van der Waals surface area (Å²) >= 11 is 0. The molecular formula is C16H26N7O10P. The van der Waals surface area contributed by atoms with Crippen molar-refractivity contribution >= 4 is 36.7 Å². The Bertz CT molecular complexity index is 1010. The number of aliphatic hydroxyl groups excluding tert-OH is 2. The van der Waals surface area contributed by atoms with Crippen LogP contribution < -0.4 is 16.6 Å². The van der Waals surface area contributed by atoms with Crippen LogP contribution in [-0.2, 0) is 32.9 Å². The molecule has 2 aromatic rings. The molecule has 190 valence electrons. The minimum Gasteiger partial charge on any atom is -0.468 e. The quantitative estimate of drug-likeness (QED) is 0.154. The molecule has 17 nitrogen and oxygen atoms in total. The number of rotatable bonds is 8. The number of methoxy groups -OCH3 is 2. The highest BCUT2D eigenvalue weighted by Gasteiger charge is 2.45. The van der Waals surface area contributed by atoms with Crippen LogP contribution in [0.2, 0.25) is 0 Å². The number of nitrogens with zero attached hydrogens (tertiary/aromatic N) is 4. The minimum absolute atomic E-state index is 0.0194. The SMILES string of the molecule is COC(=O)CNCC(=O)OC.Nc1ncnc2c1ncn2[C@@H]1O[C@H](COP(N)(=O)O)[C@@H](O)[C@H]1O. The summed E-state index contributed by atoms with van der Waals surface area (Å²) < 4.78 is 31.0. The van der Waals surface area contributed by atoms with E-state index >= 15 is 0 Å². The van der Waals surface area contributed by atoms with Gasteiger partial charge in [0.2, 0.25) is 0 Å². The second kappa shape index (κ2) is 12.1. The van der Waals surface area contributed by atoms with Gasteiger partial charge < -0.3 is 35.1 Å². The van der Waals surface area contributed by atoms with Crippen molar-refractivity contribution < 1.29 is 48.0 Å². The Hall–Kier alpha value is -2.76. The van der Waals surface area contributed by atoms with Crippen molar-refractivity contribution in [1.29, 1.82) is 0 Å². The van der Waals surface area contributed by atoms with Crippen molar-refractivity contribution in [1.82, 2.24) is 24.8 Å². The van der Waals surface area contributed by atoms with Crippen LogP contribution >= 0.6 is 7.75 Å². The molecule has 0 radical (unpaired) electrons. The van der Waals surface area contributed by atoms with Crippen molar-refractivity contribution in [2.75, 3.05) is 39.6 Å². The second-order valence-electron chi connectivity index (χ2n) is 6.74. The Morgan fingerprint density at radius 3 is 2.35 bits per heavy atom. The van der Waals surface area contributed by atoms with Gasteiger partial charge in [0.05, 0.1) is 40.2 Å². The van der Waals surface area contributed by atoms with Gasteiger partial charge in [0, 0.05) is 0 Å². The van der Waals surface area contributed by atoms with Gasteiger partial charge in [-0.05, 0) is 0 Å². The van der Waals surface area contributed by atoms with E-state index in [1.807, 2.05) is 0 Å². The number of nitrogens with one attached hydrogen (secondary N) is 1. The molecule has 0 bridgehead atoms. The number of aliphatic hydroxyl groups is 2. The average molecular weight is 507 g/mol. The van der Waals surface area contributed by atoms with Gasteiger partial charge in [-0.2, -0.15) is 0 Å². The first-order chi connectivity index (χ1) is 16.0. The third-order valence-electron chi connectivity index (χ3n) is 4.42. The Labute approximate surface area is 192 Å². The Kier molecular flexibility index (Phi) is 9.77. The Morgan fingerprint density at radius 2 is 1.79 bits per heavy atom. The molecule has 1 aliphatic heterocycles. The first-order valence-electron chi connectivity index (χ1n) is 9.53. The van der Waals surface area contributed by atoms with E-state index in [9.17, 15) is 24.4 Å². The van der Waals surface area contributed by atoms with Gasteiger partial charge in [0.1, 0.15) is 30.2 Å². The van der Waals surface area contributed by atoms with Crippen LogP contribution in [0.4, 0.5) is 5.82 Å². The molecule has 1 aliphatic rings. The normalized spacial score (nSPS) is 23.6. The number of ether oxygens (including phenoxy) is 3. The molecule has 0 aliphatic carbocycles. The predicted octanol–water partition coefficient (Wildman–Crippen LogP) is -2.97. The lowest BCUT2D eigenvalue weighted by Gasteiger charge is -2.16. The number of anilines is 1. The maximum atomic E-state index is 10.9. The summed E-state index contributed by atoms with van der Waals surface area (Å²) in [7, 11) is -1.66. The topological polar surface area (TPSA) is 256 Å². The zero-order valence-electron chi connectivity index (χ0n) is 18.2. The maximum Gasteiger partial charge on any atom is 0.400 e. The van der Waals surface area contributed by atoms with E-state index in [4.69, 9.17) is 20.9 Å². The maximum absolute atomic E-state index is 10.9. The van der Waals surface area contributed by atoms with E-state index in [0.717, 1.165) is 0 Å². The van der Waals surface area contributed by atoms with Crippen LogP contribution in [0.1, 0.15) is 6.23 Å². The number of nitrogens with two attached hydrogens (primary N) is 2. The van der Waals surface area contributed by atoms with Crippen molar-refractivity contribution in [2.45, 2.75) is 24.5 Å². The molecule has 0 saturated carbocycles. The summed E-state index contributed by atoms with van der Waals surface area (Å²) in [6.45, 7) is -0.431. The zero-order valence-corrected chi connectivity index (χ0v) is 19.1. The molecule has 5 atom stereocenters. The number of hydrogen-bond acceptors (Lipinski definition) is 14. The largest absolute Gasteiger partial charge is 0.468 e. The van der Waals surface area contributed by atoms with Gasteiger partial charge >= 0.3 is 19.7 Å². The molecule has 3 rings (SSSR count). The molecular weight excluding hydrogens is 481 g/mol. The van der Waals surface area contributed by atoms with Gasteiger partial charge in [-0.25, -0.2) is 25.0 Å². The van der Waals surface area contributed by atoms with Crippen molar-refractivity contribution in [3.8, 4) is 0 Å². The van der Waals surface area contributed by atoms with Gasteiger partial charge in [0.15, 0.2) is 17.7 Å². The average Bonchev–Trinajstić information content (AvgIpc) is 3.34. The predicted molar refractivity (Wildman–Crippen MR) is 113 cm³/mol. The molecule has 1 saturated heterocycles. The summed E-state index contributed by atoms with van der Waals surface area (Å²) in [5, 5.41) is 22.7. The molecule has 18 heteroatoms. The van der Waals surface area contributed by atoms with E-state index < -0.39 is 50.8 Å². The third-order valence-corrected chi connectivity index (χ3v) is 4.94. The van der Waals surface area contributed by atoms with Crippen molar-refractivity contribution in [3.63, 3.8) is 0 Å². The Morgan fingerprint density at radius 1 is 1.18 bits per heavy atom. The first-order valence-corrected chi connectivity index (χ1v) is 11.2. The highest BCUT2D eigenvalue weighted by atomic mass is 31.2. The first kappa shape index (κ1) is 27.5. The smallest absolute Gasteiger partial charge is 0.400 e. The zero-order chi connectivity index (χ0) is 25.5. The lowest BCUT2D eigenvalue weighted by atomic mass is 10.1. The van der Waals surface area contributed by atoms with Crippen molar-refractivity contribution in [3.05, 3.63) is 12.7 Å². The summed E-state index contributed by atoms with van der Waals surface area (Å²) in [6.07, 6.45) is -2.23. The molecule has 8 N–H and O–H groups in total. The van der Waals surface area contributed by atoms with Crippen LogP contribution in [-0.4, -0.2) is 98.8 Å². The van der Waals surface area contributed by atoms with Crippen molar-refractivity contribution in [2.24, 2.45) is 5.50 Å². The number of esters is 2. The highest BCUT2D eigenvalue weighted by molar-refractivity contribution is 7.50. The highest BCUT2D eigenvalue weighted by Crippen LogP contribution is 2.36. The van der Waals surface area contributed by atoms with Gasteiger partial charge in [-0.15, -0.1) is 0 Å². The van der Waals surface area contributed by atoms with Gasteiger partial charge in [-0.1, -0.05) is 0 Å². The summed E-state index contributed by atoms with van der Waals surface area (Å²) in [4.78, 5) is 41.7. The van der Waals surface area contributed by atoms with Crippen LogP contribution in [0.3, 0.4) is 0 Å². The lowest BCUT2D eigenvalue weighted by molar-refractivity contribution is -0.141. The molecule has 2 aromatic heterocycles. The van der Waals surface area contributed by atoms with Crippen LogP contribution in [0.25, 0.3) is 11.2 Å². The molecule has 1 fully saturated rings. The molecule has 0 aromatic carbocycles. The number of nitrogen functional groups attached to an aromatic ring is 1. The van der Waals surface area contributed by atoms with E-state index in [2.05, 4.69) is 34.3 Å². The minimum atomic E-state index is -4.22. The Balaban J connectivity index is 0.000000316. The van der Waals surface area contributed by atoms with E-state index in [-0.39, 0.29) is 18.9 Å². The molecule has 34 heavy (non-hydrogen) atoms. The van der Waals surface area contributed by atoms with E-state index in [1.54, 1.807) is 0 Å². The fourth-order valence-corrected chi connectivity index (χ4v) is 3.10. The fraction of sp³-hybridized carbons (Fsp3) is 0.562. The third kappa shape index (κ3) is 7.37. The number of carbonyl (C=O) groups excluding carboxylic acids is 2. The summed E-state index contributed by atoms with van der Waals surface area (Å²) in [6, 6.07) is 0. The van der Waals surface area contributed by atoms with Crippen LogP contribution in [0.5, 0.6) is 0 Å². The standard InChI is InChI=1S/C10H15N6O6P.C6H11NO4/c11-8-5-9(14-2-13-8)16(3-15-5)10-7(18)6(17)4(22-10)1-21-23(12,19)20;1-10-5(8)3-7-4-6(9)11-2/h2-4,6-7,10,17-18H,1H2,(H2,11,13,14)(H3,12,19,20);7H,3-4H2,1-2H3/t4-,6-,7-,10-;/m1./s1. The summed E-state index contributed by atoms with van der Waals surface area (Å²) in [5.74, 6) is -0.658.